The van der Waals surface area contributed by atoms with E-state index in [0.29, 0.717) is 5.75 Å². The van der Waals surface area contributed by atoms with Crippen LogP contribution in [0.3, 0.4) is 0 Å². The van der Waals surface area contributed by atoms with Gasteiger partial charge in [-0.15, -0.1) is 6.58 Å². The average molecular weight is 206 g/mol. The Morgan fingerprint density at radius 2 is 2.08 bits per heavy atom. The van der Waals surface area contributed by atoms with E-state index >= 15 is 0 Å². The zero-order chi connectivity index (χ0) is 9.72. The van der Waals surface area contributed by atoms with E-state index in [9.17, 15) is 9.00 Å². The minimum absolute atomic E-state index is 0. The van der Waals surface area contributed by atoms with E-state index in [1.165, 1.54) is 0 Å². The van der Waals surface area contributed by atoms with Gasteiger partial charge in [0, 0.05) is 21.8 Å². The lowest BCUT2D eigenvalue weighted by Gasteiger charge is -2.13. The molecular formula is C9H18O3S. The third kappa shape index (κ3) is 4.83. The van der Waals surface area contributed by atoms with E-state index < -0.39 is 22.7 Å². The van der Waals surface area contributed by atoms with Crippen molar-refractivity contribution < 1.29 is 14.1 Å². The van der Waals surface area contributed by atoms with Crippen molar-refractivity contribution in [3.8, 4) is 0 Å². The number of carboxylic acids is 1. The normalized spacial score (nSPS) is 16.5. The van der Waals surface area contributed by atoms with Crippen LogP contribution >= 0.6 is 0 Å². The quantitative estimate of drug-likeness (QED) is 0.696. The zero-order valence-corrected chi connectivity index (χ0v) is 8.13. The highest BCUT2D eigenvalue weighted by molar-refractivity contribution is 7.85. The molecule has 3 nitrogen and oxygen atoms in total. The van der Waals surface area contributed by atoms with Gasteiger partial charge in [0.05, 0.1) is 5.92 Å². The Balaban J connectivity index is 0. The maximum Gasteiger partial charge on any atom is 0.307 e. The van der Waals surface area contributed by atoms with Crippen molar-refractivity contribution in [3.63, 3.8) is 0 Å². The van der Waals surface area contributed by atoms with Gasteiger partial charge in [-0.1, -0.05) is 20.4 Å². The van der Waals surface area contributed by atoms with Crippen LogP contribution < -0.4 is 0 Å². The summed E-state index contributed by atoms with van der Waals surface area (Å²) >= 11 is 0. The van der Waals surface area contributed by atoms with Crippen LogP contribution in [0, 0.1) is 5.92 Å². The lowest BCUT2D eigenvalue weighted by Crippen LogP contribution is -2.27. The molecule has 13 heavy (non-hydrogen) atoms. The molecule has 0 spiro atoms. The van der Waals surface area contributed by atoms with Crippen molar-refractivity contribution in [1.82, 2.24) is 0 Å². The topological polar surface area (TPSA) is 54.4 Å². The molecule has 0 aliphatic rings. The summed E-state index contributed by atoms with van der Waals surface area (Å²) in [5, 5.41) is 8.29. The maximum absolute atomic E-state index is 11.3. The summed E-state index contributed by atoms with van der Waals surface area (Å²) in [6.45, 7) is 6.69. The van der Waals surface area contributed by atoms with Gasteiger partial charge in [0.25, 0.3) is 0 Å². The van der Waals surface area contributed by atoms with Gasteiger partial charge in [-0.3, -0.25) is 9.00 Å². The van der Waals surface area contributed by atoms with Crippen LogP contribution in [0.1, 0.15) is 21.3 Å². The molecule has 0 aromatic rings. The highest BCUT2D eigenvalue weighted by Crippen LogP contribution is 2.09. The van der Waals surface area contributed by atoms with Gasteiger partial charge in [0.1, 0.15) is 0 Å². The van der Waals surface area contributed by atoms with Gasteiger partial charge in [-0.05, 0) is 6.92 Å². The molecule has 78 valence electrons. The van der Waals surface area contributed by atoms with E-state index in [1.54, 1.807) is 19.9 Å². The Hall–Kier alpha value is -0.640. The molecule has 0 amide bonds. The number of carbonyl (C=O) groups is 1. The molecule has 0 heterocycles. The van der Waals surface area contributed by atoms with Crippen LogP contribution in [0.25, 0.3) is 0 Å². The number of hydrogen-bond donors (Lipinski definition) is 1. The minimum atomic E-state index is -1.11. The van der Waals surface area contributed by atoms with Crippen molar-refractivity contribution in [2.75, 3.05) is 5.75 Å². The summed E-state index contributed by atoms with van der Waals surface area (Å²) in [5.41, 5.74) is 0. The first-order valence-electron chi connectivity index (χ1n) is 3.71. The molecule has 0 rings (SSSR count). The molecule has 4 heteroatoms. The van der Waals surface area contributed by atoms with E-state index in [-0.39, 0.29) is 12.7 Å². The first-order valence-corrected chi connectivity index (χ1v) is 5.09. The second kappa shape index (κ2) is 6.83. The highest BCUT2D eigenvalue weighted by Gasteiger charge is 2.23. The fourth-order valence-corrected chi connectivity index (χ4v) is 1.80. The Kier molecular flexibility index (Phi) is 7.81. The number of carboxylic acid groups (broad SMARTS) is 1. The van der Waals surface area contributed by atoms with Gasteiger partial charge in [-0.2, -0.15) is 0 Å². The molecule has 1 unspecified atom stereocenters. The Labute approximate surface area is 82.3 Å². The smallest absolute Gasteiger partial charge is 0.307 e. The van der Waals surface area contributed by atoms with Gasteiger partial charge in [0.2, 0.25) is 0 Å². The van der Waals surface area contributed by atoms with E-state index in [2.05, 4.69) is 6.58 Å². The molecule has 1 N–H and O–H groups in total. The summed E-state index contributed by atoms with van der Waals surface area (Å²) in [6, 6.07) is 0. The molecule has 0 bridgehead atoms. The molecule has 0 radical (unpaired) electrons. The van der Waals surface area contributed by atoms with Crippen molar-refractivity contribution in [2.24, 2.45) is 5.92 Å². The lowest BCUT2D eigenvalue weighted by atomic mass is 10.1. The van der Waals surface area contributed by atoms with Crippen molar-refractivity contribution in [2.45, 2.75) is 26.5 Å². The minimum Gasteiger partial charge on any atom is -0.481 e. The van der Waals surface area contributed by atoms with Crippen molar-refractivity contribution in [1.29, 1.82) is 0 Å². The van der Waals surface area contributed by atoms with Crippen molar-refractivity contribution >= 4 is 16.8 Å². The Morgan fingerprint density at radius 1 is 1.62 bits per heavy atom. The summed E-state index contributed by atoms with van der Waals surface area (Å²) in [4.78, 5) is 10.5. The second-order valence-electron chi connectivity index (χ2n) is 2.67. The molecule has 0 aliphatic carbocycles. The lowest BCUT2D eigenvalue weighted by molar-refractivity contribution is -0.141. The predicted molar refractivity (Wildman–Crippen MR) is 56.2 cm³/mol. The van der Waals surface area contributed by atoms with Crippen LogP contribution in [0.4, 0.5) is 0 Å². The van der Waals surface area contributed by atoms with Crippen molar-refractivity contribution in [3.05, 3.63) is 12.7 Å². The summed E-state index contributed by atoms with van der Waals surface area (Å²) in [6.07, 6.45) is 1.54. The van der Waals surface area contributed by atoms with Gasteiger partial charge in [0.15, 0.2) is 0 Å². The molecule has 0 aromatic carbocycles. The van der Waals surface area contributed by atoms with E-state index in [4.69, 9.17) is 5.11 Å². The molecule has 0 saturated carbocycles. The van der Waals surface area contributed by atoms with Gasteiger partial charge >= 0.3 is 5.97 Å². The SMILES string of the molecule is C.C=CCS(=O)[C@@H](C)[C@H](C)C(=O)O. The summed E-state index contributed by atoms with van der Waals surface area (Å²) in [5.74, 6) is -1.11. The molecule has 0 aliphatic heterocycles. The van der Waals surface area contributed by atoms with Crippen LogP contribution in [-0.2, 0) is 15.6 Å². The molecular weight excluding hydrogens is 188 g/mol. The first kappa shape index (κ1) is 14.9. The molecule has 0 saturated heterocycles. The highest BCUT2D eigenvalue weighted by atomic mass is 32.2. The van der Waals surface area contributed by atoms with Crippen LogP contribution in [0.5, 0.6) is 0 Å². The van der Waals surface area contributed by atoms with Crippen LogP contribution in [0.15, 0.2) is 12.7 Å². The Bertz CT molecular complexity index is 201. The molecule has 0 fully saturated rings. The second-order valence-corrected chi connectivity index (χ2v) is 4.51. The predicted octanol–water partition coefficient (Wildman–Crippen LogP) is 1.67. The number of hydrogen-bond acceptors (Lipinski definition) is 2. The van der Waals surface area contributed by atoms with E-state index in [0.717, 1.165) is 0 Å². The van der Waals surface area contributed by atoms with E-state index in [1.807, 2.05) is 0 Å². The van der Waals surface area contributed by atoms with Crippen LogP contribution in [-0.4, -0.2) is 26.3 Å². The fraction of sp³-hybridized carbons (Fsp3) is 0.667. The summed E-state index contributed by atoms with van der Waals surface area (Å²) in [7, 11) is -1.11. The Morgan fingerprint density at radius 3 is 2.38 bits per heavy atom. The third-order valence-electron chi connectivity index (χ3n) is 1.79. The maximum atomic E-state index is 11.3. The monoisotopic (exact) mass is 206 g/mol. The molecule has 3 atom stereocenters. The standard InChI is InChI=1S/C8H14O3S.CH4/c1-4-5-12(11)7(3)6(2)8(9)10;/h4,6-7H,1,5H2,2-3H3,(H,9,10);1H4/t6-,7-,12?;/m0./s1. The zero-order valence-electron chi connectivity index (χ0n) is 7.32. The third-order valence-corrected chi connectivity index (χ3v) is 3.59. The van der Waals surface area contributed by atoms with Crippen LogP contribution in [0.2, 0.25) is 0 Å². The van der Waals surface area contributed by atoms with Gasteiger partial charge in [-0.25, -0.2) is 0 Å². The summed E-state index contributed by atoms with van der Waals surface area (Å²) < 4.78 is 11.3. The largest absolute Gasteiger partial charge is 0.481 e. The average Bonchev–Trinajstić information content (AvgIpc) is 2.02. The molecule has 0 aromatic heterocycles. The number of aliphatic carboxylic acids is 1. The fourth-order valence-electron chi connectivity index (χ4n) is 0.696. The van der Waals surface area contributed by atoms with Gasteiger partial charge < -0.3 is 5.11 Å². The first-order chi connectivity index (χ1) is 5.50. The number of rotatable bonds is 5.